The van der Waals surface area contributed by atoms with Gasteiger partial charge < -0.3 is 10.4 Å². The third-order valence-corrected chi connectivity index (χ3v) is 2.62. The molecule has 0 aliphatic rings. The molecule has 19 heavy (non-hydrogen) atoms. The fourth-order valence-electron chi connectivity index (χ4n) is 1.63. The third-order valence-electron chi connectivity index (χ3n) is 2.62. The summed E-state index contributed by atoms with van der Waals surface area (Å²) < 4.78 is 37.4. The molecule has 0 aliphatic heterocycles. The fraction of sp³-hybridized carbons (Fsp3) is 0.462. The van der Waals surface area contributed by atoms with E-state index in [1.54, 1.807) is 6.07 Å². The number of aliphatic hydroxyl groups excluding tert-OH is 1. The van der Waals surface area contributed by atoms with Gasteiger partial charge >= 0.3 is 6.18 Å². The van der Waals surface area contributed by atoms with E-state index >= 15 is 0 Å². The van der Waals surface area contributed by atoms with Crippen LogP contribution in [0.25, 0.3) is 0 Å². The summed E-state index contributed by atoms with van der Waals surface area (Å²) in [5.74, 6) is 0. The number of nitriles is 1. The minimum atomic E-state index is -4.47. The van der Waals surface area contributed by atoms with Crippen molar-refractivity contribution in [3.8, 4) is 6.07 Å². The Labute approximate surface area is 109 Å². The number of benzene rings is 1. The molecule has 0 aromatic heterocycles. The summed E-state index contributed by atoms with van der Waals surface area (Å²) in [5, 5.41) is 21.2. The maximum absolute atomic E-state index is 12.5. The Balaban J connectivity index is 2.83. The molecule has 0 aliphatic carbocycles. The molecule has 1 aromatic rings. The van der Waals surface area contributed by atoms with Gasteiger partial charge in [-0.05, 0) is 24.6 Å². The maximum atomic E-state index is 12.5. The van der Waals surface area contributed by atoms with Crippen LogP contribution in [0.3, 0.4) is 0 Å². The Morgan fingerprint density at radius 2 is 2.11 bits per heavy atom. The van der Waals surface area contributed by atoms with Gasteiger partial charge in [0.05, 0.1) is 22.9 Å². The first-order valence-electron chi connectivity index (χ1n) is 5.91. The highest BCUT2D eigenvalue weighted by Gasteiger charge is 2.31. The number of anilines is 1. The summed E-state index contributed by atoms with van der Waals surface area (Å²) in [4.78, 5) is 0. The van der Waals surface area contributed by atoms with Crippen molar-refractivity contribution in [3.05, 3.63) is 29.3 Å². The minimum absolute atomic E-state index is 0.0847. The van der Waals surface area contributed by atoms with Gasteiger partial charge in [0.1, 0.15) is 6.07 Å². The number of halogens is 3. The predicted molar refractivity (Wildman–Crippen MR) is 65.6 cm³/mol. The summed E-state index contributed by atoms with van der Waals surface area (Å²) in [5.41, 5.74) is -0.645. The van der Waals surface area contributed by atoms with Crippen LogP contribution in [0, 0.1) is 11.3 Å². The largest absolute Gasteiger partial charge is 0.416 e. The van der Waals surface area contributed by atoms with E-state index in [-0.39, 0.29) is 12.1 Å². The van der Waals surface area contributed by atoms with Crippen LogP contribution < -0.4 is 5.32 Å². The minimum Gasteiger partial charge on any atom is -0.391 e. The zero-order valence-electron chi connectivity index (χ0n) is 10.5. The van der Waals surface area contributed by atoms with Gasteiger partial charge in [-0.25, -0.2) is 0 Å². The third kappa shape index (κ3) is 4.45. The van der Waals surface area contributed by atoms with Gasteiger partial charge in [0.25, 0.3) is 0 Å². The SMILES string of the molecule is CCCC(O)CNc1ccc(C(F)(F)F)cc1C#N. The van der Waals surface area contributed by atoms with E-state index in [0.717, 1.165) is 18.6 Å². The smallest absolute Gasteiger partial charge is 0.391 e. The number of alkyl halides is 3. The van der Waals surface area contributed by atoms with Crippen LogP contribution in [-0.4, -0.2) is 17.8 Å². The number of hydrogen-bond acceptors (Lipinski definition) is 3. The number of nitrogens with zero attached hydrogens (tertiary/aromatic N) is 1. The fourth-order valence-corrected chi connectivity index (χ4v) is 1.63. The number of rotatable bonds is 5. The molecule has 0 fully saturated rings. The summed E-state index contributed by atoms with van der Waals surface area (Å²) in [6.45, 7) is 2.12. The Bertz CT molecular complexity index is 466. The Morgan fingerprint density at radius 1 is 1.42 bits per heavy atom. The number of hydrogen-bond donors (Lipinski definition) is 2. The molecule has 0 bridgehead atoms. The first-order chi connectivity index (χ1) is 8.88. The van der Waals surface area contributed by atoms with Crippen molar-refractivity contribution in [2.24, 2.45) is 0 Å². The van der Waals surface area contributed by atoms with Gasteiger partial charge in [-0.2, -0.15) is 18.4 Å². The first-order valence-corrected chi connectivity index (χ1v) is 5.91. The molecular formula is C13H15F3N2O. The molecule has 2 N–H and O–H groups in total. The van der Waals surface area contributed by atoms with Crippen LogP contribution in [0.4, 0.5) is 18.9 Å². The number of aliphatic hydroxyl groups is 1. The molecule has 0 heterocycles. The van der Waals surface area contributed by atoms with Crippen molar-refractivity contribution in [1.29, 1.82) is 5.26 Å². The summed E-state index contributed by atoms with van der Waals surface area (Å²) in [6.07, 6.45) is -3.65. The van der Waals surface area contributed by atoms with Gasteiger partial charge in [0, 0.05) is 6.54 Å². The van der Waals surface area contributed by atoms with Crippen LogP contribution in [0.2, 0.25) is 0 Å². The molecule has 1 rings (SSSR count). The topological polar surface area (TPSA) is 56.0 Å². The van der Waals surface area contributed by atoms with Crippen LogP contribution in [0.5, 0.6) is 0 Å². The maximum Gasteiger partial charge on any atom is 0.416 e. The highest BCUT2D eigenvalue weighted by molar-refractivity contribution is 5.59. The lowest BCUT2D eigenvalue weighted by molar-refractivity contribution is -0.137. The van der Waals surface area contributed by atoms with Gasteiger partial charge in [-0.15, -0.1) is 0 Å². The molecule has 0 spiro atoms. The van der Waals surface area contributed by atoms with Gasteiger partial charge in [0.2, 0.25) is 0 Å². The van der Waals surface area contributed by atoms with Crippen LogP contribution in [0.1, 0.15) is 30.9 Å². The molecule has 1 aromatic carbocycles. The second kappa shape index (κ2) is 6.43. The molecule has 0 saturated heterocycles. The van der Waals surface area contributed by atoms with Crippen molar-refractivity contribution < 1.29 is 18.3 Å². The molecule has 1 unspecified atom stereocenters. The summed E-state index contributed by atoms with van der Waals surface area (Å²) >= 11 is 0. The normalized spacial score (nSPS) is 12.8. The average molecular weight is 272 g/mol. The Morgan fingerprint density at radius 3 is 2.63 bits per heavy atom. The van der Waals surface area contributed by atoms with E-state index in [9.17, 15) is 18.3 Å². The molecule has 0 radical (unpaired) electrons. The van der Waals surface area contributed by atoms with Crippen molar-refractivity contribution >= 4 is 5.69 Å². The zero-order valence-corrected chi connectivity index (χ0v) is 10.5. The molecule has 1 atom stereocenters. The molecule has 104 valence electrons. The summed E-state index contributed by atoms with van der Waals surface area (Å²) in [7, 11) is 0. The quantitative estimate of drug-likeness (QED) is 0.865. The van der Waals surface area contributed by atoms with Crippen molar-refractivity contribution in [2.45, 2.75) is 32.0 Å². The molecule has 0 saturated carbocycles. The van der Waals surface area contributed by atoms with Crippen molar-refractivity contribution in [2.75, 3.05) is 11.9 Å². The van der Waals surface area contributed by atoms with E-state index in [1.807, 2.05) is 6.92 Å². The lowest BCUT2D eigenvalue weighted by atomic mass is 10.1. The van der Waals surface area contributed by atoms with E-state index < -0.39 is 17.8 Å². The monoisotopic (exact) mass is 272 g/mol. The highest BCUT2D eigenvalue weighted by Crippen LogP contribution is 2.31. The van der Waals surface area contributed by atoms with E-state index in [4.69, 9.17) is 5.26 Å². The van der Waals surface area contributed by atoms with Gasteiger partial charge in [-0.1, -0.05) is 13.3 Å². The van der Waals surface area contributed by atoms with Gasteiger partial charge in [-0.3, -0.25) is 0 Å². The first kappa shape index (κ1) is 15.3. The standard InChI is InChI=1S/C13H15F3N2O/c1-2-3-11(19)8-18-12-5-4-10(13(14,15)16)6-9(12)7-17/h4-6,11,18-19H,2-3,8H2,1H3. The van der Waals surface area contributed by atoms with E-state index in [2.05, 4.69) is 5.32 Å². The van der Waals surface area contributed by atoms with Crippen molar-refractivity contribution in [1.82, 2.24) is 0 Å². The Hall–Kier alpha value is -1.74. The molecule has 3 nitrogen and oxygen atoms in total. The van der Waals surface area contributed by atoms with Gasteiger partial charge in [0.15, 0.2) is 0 Å². The van der Waals surface area contributed by atoms with Crippen molar-refractivity contribution in [3.63, 3.8) is 0 Å². The summed E-state index contributed by atoms with van der Waals surface area (Å²) in [6, 6.07) is 4.64. The predicted octanol–water partition coefficient (Wildman–Crippen LogP) is 3.15. The number of nitrogens with one attached hydrogen (secondary N) is 1. The second-order valence-electron chi connectivity index (χ2n) is 4.19. The lowest BCUT2D eigenvalue weighted by Gasteiger charge is -2.14. The van der Waals surface area contributed by atoms with Crippen LogP contribution in [-0.2, 0) is 6.18 Å². The van der Waals surface area contributed by atoms with Crippen LogP contribution in [0.15, 0.2) is 18.2 Å². The van der Waals surface area contributed by atoms with E-state index in [1.165, 1.54) is 6.07 Å². The molecule has 0 amide bonds. The Kier molecular flexibility index (Phi) is 5.19. The lowest BCUT2D eigenvalue weighted by Crippen LogP contribution is -2.19. The van der Waals surface area contributed by atoms with Crippen LogP contribution >= 0.6 is 0 Å². The molecule has 6 heteroatoms. The van der Waals surface area contributed by atoms with E-state index in [0.29, 0.717) is 12.1 Å². The highest BCUT2D eigenvalue weighted by atomic mass is 19.4. The molecular weight excluding hydrogens is 257 g/mol. The second-order valence-corrected chi connectivity index (χ2v) is 4.19. The average Bonchev–Trinajstić information content (AvgIpc) is 2.35. The zero-order chi connectivity index (χ0) is 14.5.